The molecule has 11 heavy (non-hydrogen) atoms. The van der Waals surface area contributed by atoms with Crippen LogP contribution in [0.1, 0.15) is 6.92 Å². The van der Waals surface area contributed by atoms with Gasteiger partial charge < -0.3 is 10.2 Å². The van der Waals surface area contributed by atoms with Crippen LogP contribution in [-0.4, -0.2) is 40.3 Å². The average Bonchev–Trinajstić information content (AvgIpc) is 2.00. The van der Waals surface area contributed by atoms with E-state index in [1.165, 1.54) is 0 Å². The third-order valence-corrected chi connectivity index (χ3v) is 1.02. The minimum atomic E-state index is -1.77. The summed E-state index contributed by atoms with van der Waals surface area (Å²) in [7, 11) is 0. The number of hydrogen-bond acceptors (Lipinski definition) is 5. The first-order valence-electron chi connectivity index (χ1n) is 2.88. The van der Waals surface area contributed by atoms with E-state index in [1.54, 1.807) is 0 Å². The summed E-state index contributed by atoms with van der Waals surface area (Å²) in [4.78, 5) is 31.3. The van der Waals surface area contributed by atoms with Gasteiger partial charge in [0.25, 0.3) is 5.78 Å². The van der Waals surface area contributed by atoms with E-state index >= 15 is 0 Å². The highest BCUT2D eigenvalue weighted by atomic mass is 16.3. The molecule has 2 N–H and O–H groups in total. The van der Waals surface area contributed by atoms with Crippen molar-refractivity contribution in [1.82, 2.24) is 0 Å². The molecule has 0 bridgehead atoms. The van der Waals surface area contributed by atoms with Crippen molar-refractivity contribution in [3.63, 3.8) is 0 Å². The van der Waals surface area contributed by atoms with Gasteiger partial charge in [-0.25, -0.2) is 0 Å². The normalized spacial score (nSPS) is 12.3. The molecule has 0 amide bonds. The zero-order valence-electron chi connectivity index (χ0n) is 5.90. The summed E-state index contributed by atoms with van der Waals surface area (Å²) >= 11 is 0. The highest BCUT2D eigenvalue weighted by Crippen LogP contribution is 1.87. The van der Waals surface area contributed by atoms with Gasteiger partial charge in [-0.15, -0.1) is 0 Å². The lowest BCUT2D eigenvalue weighted by Gasteiger charge is -2.01. The third-order valence-electron chi connectivity index (χ3n) is 1.02. The van der Waals surface area contributed by atoms with Gasteiger partial charge in [0.1, 0.15) is 6.10 Å². The molecule has 0 aliphatic heterocycles. The van der Waals surface area contributed by atoms with Crippen molar-refractivity contribution in [2.24, 2.45) is 0 Å². The van der Waals surface area contributed by atoms with E-state index in [1.807, 2.05) is 0 Å². The molecule has 0 aromatic carbocycles. The van der Waals surface area contributed by atoms with Gasteiger partial charge in [0.2, 0.25) is 11.6 Å². The van der Waals surface area contributed by atoms with E-state index in [0.717, 1.165) is 6.92 Å². The molecular weight excluding hydrogens is 152 g/mol. The number of aliphatic hydroxyl groups excluding tert-OH is 2. The Balaban J connectivity index is 4.26. The summed E-state index contributed by atoms with van der Waals surface area (Å²) < 4.78 is 0. The SMILES string of the molecule is CC(=O)C(=O)C(=O)C(O)CO. The van der Waals surface area contributed by atoms with Crippen molar-refractivity contribution in [3.8, 4) is 0 Å². The molecule has 0 rings (SSSR count). The fourth-order valence-corrected chi connectivity index (χ4v) is 0.408. The highest BCUT2D eigenvalue weighted by Gasteiger charge is 2.25. The van der Waals surface area contributed by atoms with Crippen LogP contribution in [0, 0.1) is 0 Å². The largest absolute Gasteiger partial charge is 0.393 e. The average molecular weight is 160 g/mol. The topological polar surface area (TPSA) is 91.7 Å². The molecule has 0 aromatic heterocycles. The van der Waals surface area contributed by atoms with E-state index in [9.17, 15) is 14.4 Å². The Morgan fingerprint density at radius 3 is 2.09 bits per heavy atom. The lowest BCUT2D eigenvalue weighted by molar-refractivity contribution is -0.147. The molecule has 0 spiro atoms. The number of rotatable bonds is 4. The van der Waals surface area contributed by atoms with Gasteiger partial charge in [0.15, 0.2) is 0 Å². The third kappa shape index (κ3) is 2.57. The maximum Gasteiger partial charge on any atom is 0.266 e. The number of carbonyl (C=O) groups is 3. The predicted molar refractivity (Wildman–Crippen MR) is 33.8 cm³/mol. The van der Waals surface area contributed by atoms with Crippen molar-refractivity contribution in [1.29, 1.82) is 0 Å². The molecule has 0 aliphatic rings. The molecule has 5 nitrogen and oxygen atoms in total. The quantitative estimate of drug-likeness (QED) is 0.369. The van der Waals surface area contributed by atoms with Crippen molar-refractivity contribution in [3.05, 3.63) is 0 Å². The molecule has 0 radical (unpaired) electrons. The summed E-state index contributed by atoms with van der Waals surface area (Å²) in [6, 6.07) is 0. The van der Waals surface area contributed by atoms with Gasteiger partial charge in [-0.2, -0.15) is 0 Å². The Morgan fingerprint density at radius 2 is 1.82 bits per heavy atom. The van der Waals surface area contributed by atoms with Gasteiger partial charge in [-0.3, -0.25) is 14.4 Å². The summed E-state index contributed by atoms with van der Waals surface area (Å²) in [6.45, 7) is 0.0716. The smallest absolute Gasteiger partial charge is 0.266 e. The summed E-state index contributed by atoms with van der Waals surface area (Å²) in [6.07, 6.45) is -1.77. The van der Waals surface area contributed by atoms with E-state index in [-0.39, 0.29) is 0 Å². The van der Waals surface area contributed by atoms with Crippen LogP contribution >= 0.6 is 0 Å². The van der Waals surface area contributed by atoms with Crippen LogP contribution in [0.3, 0.4) is 0 Å². The van der Waals surface area contributed by atoms with Gasteiger partial charge in [-0.05, 0) is 0 Å². The Hall–Kier alpha value is -1.07. The molecule has 1 atom stereocenters. The minimum absolute atomic E-state index is 0.849. The second-order valence-electron chi connectivity index (χ2n) is 1.95. The second kappa shape index (κ2) is 3.95. The van der Waals surface area contributed by atoms with Gasteiger partial charge in [0, 0.05) is 6.92 Å². The van der Waals surface area contributed by atoms with Crippen LogP contribution in [0.25, 0.3) is 0 Å². The zero-order valence-corrected chi connectivity index (χ0v) is 5.90. The molecule has 1 unspecified atom stereocenters. The molecule has 0 heterocycles. The van der Waals surface area contributed by atoms with E-state index < -0.39 is 30.1 Å². The van der Waals surface area contributed by atoms with Crippen LogP contribution in [-0.2, 0) is 14.4 Å². The fraction of sp³-hybridized carbons (Fsp3) is 0.500. The molecule has 0 saturated carbocycles. The summed E-state index contributed by atoms with van der Waals surface area (Å²) in [5, 5.41) is 16.8. The minimum Gasteiger partial charge on any atom is -0.393 e. The standard InChI is InChI=1S/C6H8O5/c1-3(8)5(10)6(11)4(9)2-7/h4,7,9H,2H2,1H3. The Morgan fingerprint density at radius 1 is 1.36 bits per heavy atom. The van der Waals surface area contributed by atoms with Crippen molar-refractivity contribution < 1.29 is 24.6 Å². The van der Waals surface area contributed by atoms with Crippen molar-refractivity contribution >= 4 is 17.3 Å². The maximum atomic E-state index is 10.5. The molecular formula is C6H8O5. The van der Waals surface area contributed by atoms with Crippen molar-refractivity contribution in [2.75, 3.05) is 6.61 Å². The number of hydrogen-bond donors (Lipinski definition) is 2. The van der Waals surface area contributed by atoms with Gasteiger partial charge in [-0.1, -0.05) is 0 Å². The second-order valence-corrected chi connectivity index (χ2v) is 1.95. The highest BCUT2D eigenvalue weighted by molar-refractivity contribution is 6.64. The summed E-state index contributed by atoms with van der Waals surface area (Å²) in [5.41, 5.74) is 0. The van der Waals surface area contributed by atoms with E-state index in [0.29, 0.717) is 0 Å². The molecule has 5 heteroatoms. The number of aliphatic hydroxyl groups is 2. The van der Waals surface area contributed by atoms with Gasteiger partial charge >= 0.3 is 0 Å². The molecule has 0 aliphatic carbocycles. The lowest BCUT2D eigenvalue weighted by Crippen LogP contribution is -2.34. The van der Waals surface area contributed by atoms with E-state index in [4.69, 9.17) is 10.2 Å². The van der Waals surface area contributed by atoms with Crippen LogP contribution in [0.4, 0.5) is 0 Å². The van der Waals surface area contributed by atoms with Crippen molar-refractivity contribution in [2.45, 2.75) is 13.0 Å². The Labute approximate surface area is 62.6 Å². The monoisotopic (exact) mass is 160 g/mol. The lowest BCUT2D eigenvalue weighted by atomic mass is 10.1. The first kappa shape index (κ1) is 9.93. The molecule has 0 saturated heterocycles. The number of ketones is 3. The number of Topliss-reactive ketones (excluding diaryl/α,β-unsaturated/α-hetero) is 3. The fourth-order valence-electron chi connectivity index (χ4n) is 0.408. The maximum absolute atomic E-state index is 10.5. The van der Waals surface area contributed by atoms with E-state index in [2.05, 4.69) is 0 Å². The van der Waals surface area contributed by atoms with Crippen LogP contribution in [0.2, 0.25) is 0 Å². The number of carbonyl (C=O) groups excluding carboxylic acids is 3. The molecule has 62 valence electrons. The zero-order chi connectivity index (χ0) is 9.02. The Bertz CT molecular complexity index is 195. The van der Waals surface area contributed by atoms with Crippen LogP contribution < -0.4 is 0 Å². The molecule has 0 aromatic rings. The van der Waals surface area contributed by atoms with Crippen LogP contribution in [0.5, 0.6) is 0 Å². The Kier molecular flexibility index (Phi) is 3.56. The first-order valence-corrected chi connectivity index (χ1v) is 2.88. The summed E-state index contributed by atoms with van der Waals surface area (Å²) in [5.74, 6) is -3.49. The van der Waals surface area contributed by atoms with Gasteiger partial charge in [0.05, 0.1) is 6.61 Å². The molecule has 0 fully saturated rings. The van der Waals surface area contributed by atoms with Crippen LogP contribution in [0.15, 0.2) is 0 Å². The predicted octanol–water partition coefficient (Wildman–Crippen LogP) is -1.93. The first-order chi connectivity index (χ1) is 5.00.